The standard InChI is InChI=1S/C19H23NO7S/c1-10-7-11(2)18(12(3)8-10)28(23,24)20-16-14(25-4)9-13(21)15(17(16)26-5)19(22)27-6/h7-9,20-21H,1-6H3. The molecule has 0 aliphatic rings. The first kappa shape index (κ1) is 21.4. The number of hydrogen-bond donors (Lipinski definition) is 2. The first-order valence-corrected chi connectivity index (χ1v) is 9.72. The van der Waals surface area contributed by atoms with Crippen molar-refractivity contribution in [2.24, 2.45) is 0 Å². The van der Waals surface area contributed by atoms with Crippen LogP contribution in [0.15, 0.2) is 23.1 Å². The lowest BCUT2D eigenvalue weighted by Crippen LogP contribution is -2.18. The quantitative estimate of drug-likeness (QED) is 0.557. The van der Waals surface area contributed by atoms with Crippen LogP contribution < -0.4 is 14.2 Å². The lowest BCUT2D eigenvalue weighted by atomic mass is 10.1. The third kappa shape index (κ3) is 3.84. The number of sulfonamides is 1. The molecule has 0 spiro atoms. The van der Waals surface area contributed by atoms with Gasteiger partial charge in [0, 0.05) is 6.07 Å². The Hall–Kier alpha value is -2.94. The topological polar surface area (TPSA) is 111 Å². The molecule has 0 amide bonds. The minimum atomic E-state index is -4.06. The first-order valence-electron chi connectivity index (χ1n) is 8.24. The second-order valence-electron chi connectivity index (χ2n) is 6.21. The van der Waals surface area contributed by atoms with E-state index in [-0.39, 0.29) is 27.6 Å². The number of anilines is 1. The van der Waals surface area contributed by atoms with E-state index in [1.165, 1.54) is 14.2 Å². The SMILES string of the molecule is COC(=O)c1c(O)cc(OC)c(NS(=O)(=O)c2c(C)cc(C)cc2C)c1OC. The summed E-state index contributed by atoms with van der Waals surface area (Å²) in [6, 6.07) is 4.63. The van der Waals surface area contributed by atoms with Gasteiger partial charge in [-0.1, -0.05) is 17.7 Å². The monoisotopic (exact) mass is 409 g/mol. The van der Waals surface area contributed by atoms with Crippen LogP contribution in [-0.4, -0.2) is 40.8 Å². The highest BCUT2D eigenvalue weighted by Crippen LogP contribution is 2.44. The van der Waals surface area contributed by atoms with Crippen molar-refractivity contribution in [1.29, 1.82) is 0 Å². The van der Waals surface area contributed by atoms with Gasteiger partial charge in [-0.25, -0.2) is 13.2 Å². The molecule has 0 radical (unpaired) electrons. The van der Waals surface area contributed by atoms with E-state index in [1.807, 2.05) is 6.92 Å². The number of methoxy groups -OCH3 is 3. The third-order valence-corrected chi connectivity index (χ3v) is 5.80. The summed E-state index contributed by atoms with van der Waals surface area (Å²) in [6.45, 7) is 5.26. The molecule has 0 fully saturated rings. The van der Waals surface area contributed by atoms with E-state index in [9.17, 15) is 18.3 Å². The zero-order valence-electron chi connectivity index (χ0n) is 16.5. The van der Waals surface area contributed by atoms with E-state index in [0.29, 0.717) is 11.1 Å². The van der Waals surface area contributed by atoms with E-state index in [4.69, 9.17) is 9.47 Å². The zero-order chi connectivity index (χ0) is 21.2. The summed E-state index contributed by atoms with van der Waals surface area (Å²) in [5.41, 5.74) is 1.62. The van der Waals surface area contributed by atoms with Gasteiger partial charge >= 0.3 is 5.97 Å². The lowest BCUT2D eigenvalue weighted by Gasteiger charge is -2.20. The summed E-state index contributed by atoms with van der Waals surface area (Å²) >= 11 is 0. The number of aromatic hydroxyl groups is 1. The number of rotatable bonds is 6. The zero-order valence-corrected chi connectivity index (χ0v) is 17.4. The van der Waals surface area contributed by atoms with Gasteiger partial charge in [0.25, 0.3) is 10.0 Å². The van der Waals surface area contributed by atoms with Crippen molar-refractivity contribution in [3.8, 4) is 17.2 Å². The minimum Gasteiger partial charge on any atom is -0.507 e. The maximum atomic E-state index is 13.1. The number of nitrogens with one attached hydrogen (secondary N) is 1. The van der Waals surface area contributed by atoms with Gasteiger partial charge in [-0.2, -0.15) is 0 Å². The molecule has 152 valence electrons. The molecule has 0 saturated heterocycles. The number of ether oxygens (including phenoxy) is 3. The smallest absolute Gasteiger partial charge is 0.345 e. The Labute approximate surface area is 164 Å². The van der Waals surface area contributed by atoms with E-state index < -0.39 is 21.7 Å². The van der Waals surface area contributed by atoms with E-state index in [2.05, 4.69) is 9.46 Å². The maximum Gasteiger partial charge on any atom is 0.345 e. The van der Waals surface area contributed by atoms with E-state index >= 15 is 0 Å². The first-order chi connectivity index (χ1) is 13.1. The lowest BCUT2D eigenvalue weighted by molar-refractivity contribution is 0.0593. The van der Waals surface area contributed by atoms with Gasteiger partial charge in [0.05, 0.1) is 26.2 Å². The van der Waals surface area contributed by atoms with Gasteiger partial charge < -0.3 is 19.3 Å². The molecule has 9 heteroatoms. The van der Waals surface area contributed by atoms with Gasteiger partial charge in [-0.05, 0) is 31.9 Å². The molecule has 8 nitrogen and oxygen atoms in total. The maximum absolute atomic E-state index is 13.1. The summed E-state index contributed by atoms with van der Waals surface area (Å²) < 4.78 is 43.7. The van der Waals surface area contributed by atoms with Crippen LogP contribution in [0.3, 0.4) is 0 Å². The van der Waals surface area contributed by atoms with Crippen LogP contribution in [0.4, 0.5) is 5.69 Å². The fourth-order valence-corrected chi connectivity index (χ4v) is 4.69. The van der Waals surface area contributed by atoms with Crippen LogP contribution in [0.2, 0.25) is 0 Å². The number of esters is 1. The molecule has 2 rings (SSSR count). The third-order valence-electron chi connectivity index (χ3n) is 4.15. The molecule has 0 bridgehead atoms. The molecular weight excluding hydrogens is 386 g/mol. The normalized spacial score (nSPS) is 11.1. The molecule has 0 saturated carbocycles. The number of carbonyl (C=O) groups is 1. The van der Waals surface area contributed by atoms with Gasteiger partial charge in [0.2, 0.25) is 0 Å². The Morgan fingerprint density at radius 3 is 2.04 bits per heavy atom. The molecule has 0 atom stereocenters. The van der Waals surface area contributed by atoms with Crippen LogP contribution in [0.5, 0.6) is 17.2 Å². The molecular formula is C19H23NO7S. The van der Waals surface area contributed by atoms with E-state index in [0.717, 1.165) is 18.7 Å². The van der Waals surface area contributed by atoms with Crippen molar-refractivity contribution < 1.29 is 32.5 Å². The molecule has 0 aliphatic carbocycles. The Balaban J connectivity index is 2.73. The number of carbonyl (C=O) groups excluding carboxylic acids is 1. The average molecular weight is 409 g/mol. The van der Waals surface area contributed by atoms with Gasteiger partial charge in [0.1, 0.15) is 17.0 Å². The van der Waals surface area contributed by atoms with Gasteiger partial charge in [0.15, 0.2) is 11.5 Å². The van der Waals surface area contributed by atoms with Crippen LogP contribution in [0.25, 0.3) is 0 Å². The van der Waals surface area contributed by atoms with Gasteiger partial charge in [-0.15, -0.1) is 0 Å². The highest BCUT2D eigenvalue weighted by Gasteiger charge is 2.29. The van der Waals surface area contributed by atoms with Crippen LogP contribution in [0.1, 0.15) is 27.0 Å². The number of phenols is 1. The number of benzene rings is 2. The second-order valence-corrected chi connectivity index (χ2v) is 7.83. The minimum absolute atomic E-state index is 0.0204. The Kier molecular flexibility index (Phi) is 6.08. The fourth-order valence-electron chi connectivity index (χ4n) is 3.16. The van der Waals surface area contributed by atoms with Crippen molar-refractivity contribution in [2.45, 2.75) is 25.7 Å². The Bertz CT molecular complexity index is 1010. The summed E-state index contributed by atoms with van der Waals surface area (Å²) in [5, 5.41) is 10.2. The summed E-state index contributed by atoms with van der Waals surface area (Å²) in [5.74, 6) is -1.59. The number of aryl methyl sites for hydroxylation is 3. The van der Waals surface area contributed by atoms with Crippen molar-refractivity contribution >= 4 is 21.7 Å². The molecule has 0 aliphatic heterocycles. The highest BCUT2D eigenvalue weighted by molar-refractivity contribution is 7.92. The summed E-state index contributed by atoms with van der Waals surface area (Å²) in [7, 11) is -0.394. The number of phenolic OH excluding ortho intramolecular Hbond substituents is 1. The largest absolute Gasteiger partial charge is 0.507 e. The molecule has 2 N–H and O–H groups in total. The van der Waals surface area contributed by atoms with Crippen LogP contribution >= 0.6 is 0 Å². The van der Waals surface area contributed by atoms with Gasteiger partial charge in [-0.3, -0.25) is 4.72 Å². The highest BCUT2D eigenvalue weighted by atomic mass is 32.2. The summed E-state index contributed by atoms with van der Waals surface area (Å²) in [4.78, 5) is 12.2. The molecule has 2 aromatic carbocycles. The van der Waals surface area contributed by atoms with Crippen LogP contribution in [-0.2, 0) is 14.8 Å². The average Bonchev–Trinajstić information content (AvgIpc) is 2.60. The van der Waals surface area contributed by atoms with E-state index in [1.54, 1.807) is 26.0 Å². The molecule has 28 heavy (non-hydrogen) atoms. The van der Waals surface area contributed by atoms with Crippen LogP contribution in [0, 0.1) is 20.8 Å². The van der Waals surface area contributed by atoms with Crippen molar-refractivity contribution in [2.75, 3.05) is 26.1 Å². The molecule has 0 heterocycles. The van der Waals surface area contributed by atoms with Crippen molar-refractivity contribution in [3.63, 3.8) is 0 Å². The second kappa shape index (κ2) is 7.97. The fraction of sp³-hybridized carbons (Fsp3) is 0.316. The number of hydrogen-bond acceptors (Lipinski definition) is 7. The predicted molar refractivity (Wildman–Crippen MR) is 104 cm³/mol. The molecule has 0 unspecified atom stereocenters. The van der Waals surface area contributed by atoms with Crippen molar-refractivity contribution in [1.82, 2.24) is 0 Å². The molecule has 0 aromatic heterocycles. The Morgan fingerprint density at radius 1 is 1.00 bits per heavy atom. The molecule has 2 aromatic rings. The Morgan fingerprint density at radius 2 is 1.57 bits per heavy atom. The summed E-state index contributed by atoms with van der Waals surface area (Å²) in [6.07, 6.45) is 0. The van der Waals surface area contributed by atoms with Crippen molar-refractivity contribution in [3.05, 3.63) is 40.5 Å². The predicted octanol–water partition coefficient (Wildman–Crippen LogP) is 2.92.